The van der Waals surface area contributed by atoms with E-state index in [-0.39, 0.29) is 17.0 Å². The van der Waals surface area contributed by atoms with Crippen LogP contribution in [0.4, 0.5) is 4.79 Å². The van der Waals surface area contributed by atoms with Crippen molar-refractivity contribution >= 4 is 23.9 Å². The molecular weight excluding hydrogens is 328 g/mol. The summed E-state index contributed by atoms with van der Waals surface area (Å²) in [5.74, 6) is -1.10. The molecular formula is C21H26N2O3. The van der Waals surface area contributed by atoms with Gasteiger partial charge >= 0.3 is 6.03 Å². The topological polar surface area (TPSA) is 66.5 Å². The summed E-state index contributed by atoms with van der Waals surface area (Å²) in [6.45, 7) is 6.39. The first-order valence-corrected chi connectivity index (χ1v) is 9.28. The van der Waals surface area contributed by atoms with Gasteiger partial charge in [0.15, 0.2) is 0 Å². The second-order valence-electron chi connectivity index (χ2n) is 8.16. The monoisotopic (exact) mass is 354 g/mol. The van der Waals surface area contributed by atoms with Crippen molar-refractivity contribution in [3.8, 4) is 0 Å². The third kappa shape index (κ3) is 3.71. The fourth-order valence-corrected chi connectivity index (χ4v) is 3.59. The van der Waals surface area contributed by atoms with E-state index in [1.54, 1.807) is 6.08 Å². The quantitative estimate of drug-likeness (QED) is 0.649. The first-order chi connectivity index (χ1) is 12.3. The molecule has 5 nitrogen and oxygen atoms in total. The Morgan fingerprint density at radius 2 is 1.62 bits per heavy atom. The maximum absolute atomic E-state index is 12.9. The maximum Gasteiger partial charge on any atom is 0.331 e. The van der Waals surface area contributed by atoms with Gasteiger partial charge in [-0.15, -0.1) is 0 Å². The smallest absolute Gasteiger partial charge is 0.273 e. The minimum Gasteiger partial charge on any atom is -0.273 e. The lowest BCUT2D eigenvalue weighted by Crippen LogP contribution is -2.58. The summed E-state index contributed by atoms with van der Waals surface area (Å²) in [5, 5.41) is 2.32. The fraction of sp³-hybridized carbons (Fsp3) is 0.476. The van der Waals surface area contributed by atoms with Crippen molar-refractivity contribution in [2.24, 2.45) is 0 Å². The molecule has 138 valence electrons. The molecule has 1 N–H and O–H groups in total. The van der Waals surface area contributed by atoms with Crippen molar-refractivity contribution in [3.63, 3.8) is 0 Å². The van der Waals surface area contributed by atoms with E-state index in [0.29, 0.717) is 0 Å². The summed E-state index contributed by atoms with van der Waals surface area (Å²) >= 11 is 0. The molecule has 0 aromatic heterocycles. The van der Waals surface area contributed by atoms with Gasteiger partial charge in [-0.25, -0.2) is 4.79 Å². The lowest BCUT2D eigenvalue weighted by atomic mass is 9.86. The number of hydrogen-bond donors (Lipinski definition) is 1. The number of nitrogens with one attached hydrogen (secondary N) is 1. The molecule has 1 aromatic carbocycles. The molecule has 2 fully saturated rings. The molecule has 1 aliphatic carbocycles. The number of nitrogens with zero attached hydrogens (tertiary/aromatic N) is 1. The van der Waals surface area contributed by atoms with Crippen LogP contribution in [0, 0.1) is 0 Å². The van der Waals surface area contributed by atoms with E-state index in [4.69, 9.17) is 0 Å². The van der Waals surface area contributed by atoms with Crippen LogP contribution in [0.2, 0.25) is 0 Å². The molecule has 1 aliphatic heterocycles. The zero-order chi connectivity index (χ0) is 18.9. The van der Waals surface area contributed by atoms with Gasteiger partial charge in [-0.05, 0) is 35.5 Å². The van der Waals surface area contributed by atoms with Gasteiger partial charge < -0.3 is 0 Å². The Morgan fingerprint density at radius 1 is 1.00 bits per heavy atom. The van der Waals surface area contributed by atoms with E-state index in [2.05, 4.69) is 26.1 Å². The van der Waals surface area contributed by atoms with Gasteiger partial charge in [-0.3, -0.25) is 19.8 Å². The van der Waals surface area contributed by atoms with Crippen molar-refractivity contribution in [2.75, 3.05) is 0 Å². The summed E-state index contributed by atoms with van der Waals surface area (Å²) in [7, 11) is 0. The third-order valence-electron chi connectivity index (χ3n) is 5.16. The second kappa shape index (κ2) is 7.06. The van der Waals surface area contributed by atoms with Crippen LogP contribution in [0.15, 0.2) is 29.8 Å². The minimum absolute atomic E-state index is 0.0266. The van der Waals surface area contributed by atoms with Crippen LogP contribution in [0.3, 0.4) is 0 Å². The Morgan fingerprint density at radius 3 is 2.19 bits per heavy atom. The highest BCUT2D eigenvalue weighted by atomic mass is 16.2. The molecule has 0 bridgehead atoms. The Balaban J connectivity index is 1.87. The van der Waals surface area contributed by atoms with Crippen molar-refractivity contribution < 1.29 is 14.4 Å². The van der Waals surface area contributed by atoms with Crippen molar-refractivity contribution in [3.05, 3.63) is 41.0 Å². The highest BCUT2D eigenvalue weighted by Gasteiger charge is 2.40. The molecule has 3 rings (SSSR count). The van der Waals surface area contributed by atoms with Crippen LogP contribution in [-0.4, -0.2) is 28.8 Å². The summed E-state index contributed by atoms with van der Waals surface area (Å²) in [5.41, 5.74) is 2.01. The average Bonchev–Trinajstić information content (AvgIpc) is 2.59. The van der Waals surface area contributed by atoms with Gasteiger partial charge in [0.05, 0.1) is 0 Å². The van der Waals surface area contributed by atoms with Crippen molar-refractivity contribution in [1.29, 1.82) is 0 Å². The Bertz CT molecular complexity index is 750. The summed E-state index contributed by atoms with van der Waals surface area (Å²) in [6, 6.07) is 7.09. The predicted molar refractivity (Wildman–Crippen MR) is 100 cm³/mol. The van der Waals surface area contributed by atoms with E-state index in [0.717, 1.165) is 37.7 Å². The van der Waals surface area contributed by atoms with E-state index in [1.165, 1.54) is 10.5 Å². The first-order valence-electron chi connectivity index (χ1n) is 9.28. The highest BCUT2D eigenvalue weighted by Crippen LogP contribution is 2.27. The number of carbonyl (C=O) groups excluding carboxylic acids is 3. The van der Waals surface area contributed by atoms with Gasteiger partial charge in [0.25, 0.3) is 11.8 Å². The zero-order valence-electron chi connectivity index (χ0n) is 15.7. The largest absolute Gasteiger partial charge is 0.331 e. The van der Waals surface area contributed by atoms with E-state index in [9.17, 15) is 14.4 Å². The van der Waals surface area contributed by atoms with Crippen molar-refractivity contribution in [1.82, 2.24) is 10.2 Å². The van der Waals surface area contributed by atoms with Gasteiger partial charge in [0.2, 0.25) is 0 Å². The standard InChI is InChI=1S/C21H26N2O3/c1-21(2,3)15-11-9-14(10-12-15)13-17-18(24)22-20(26)23(19(17)25)16-7-5-4-6-8-16/h9-13,16H,4-8H2,1-3H3,(H,22,24,26). The molecule has 1 saturated carbocycles. The van der Waals surface area contributed by atoms with Crippen LogP contribution in [0.25, 0.3) is 6.08 Å². The third-order valence-corrected chi connectivity index (χ3v) is 5.16. The lowest BCUT2D eigenvalue weighted by Gasteiger charge is -2.35. The number of amides is 4. The van der Waals surface area contributed by atoms with Gasteiger partial charge in [0, 0.05) is 6.04 Å². The molecule has 1 heterocycles. The first kappa shape index (κ1) is 18.4. The van der Waals surface area contributed by atoms with Crippen molar-refractivity contribution in [2.45, 2.75) is 64.3 Å². The number of carbonyl (C=O) groups is 3. The normalized spacial score (nSPS) is 21.3. The van der Waals surface area contributed by atoms with Gasteiger partial charge in [-0.2, -0.15) is 0 Å². The molecule has 5 heteroatoms. The minimum atomic E-state index is -0.619. The van der Waals surface area contributed by atoms with Gasteiger partial charge in [-0.1, -0.05) is 64.3 Å². The SMILES string of the molecule is CC(C)(C)c1ccc(C=C2C(=O)NC(=O)N(C3CCCCC3)C2=O)cc1. The highest BCUT2D eigenvalue weighted by molar-refractivity contribution is 6.31. The molecule has 0 unspecified atom stereocenters. The zero-order valence-corrected chi connectivity index (χ0v) is 15.7. The maximum atomic E-state index is 12.9. The lowest BCUT2D eigenvalue weighted by molar-refractivity contribution is -0.132. The molecule has 26 heavy (non-hydrogen) atoms. The molecule has 2 aliphatic rings. The van der Waals surface area contributed by atoms with Crippen LogP contribution in [-0.2, 0) is 15.0 Å². The van der Waals surface area contributed by atoms with Crippen LogP contribution >= 0.6 is 0 Å². The van der Waals surface area contributed by atoms with Crippen LogP contribution in [0.1, 0.15) is 64.0 Å². The van der Waals surface area contributed by atoms with Crippen LogP contribution < -0.4 is 5.32 Å². The van der Waals surface area contributed by atoms with E-state index >= 15 is 0 Å². The number of urea groups is 1. The number of benzene rings is 1. The Hall–Kier alpha value is -2.43. The molecule has 1 aromatic rings. The van der Waals surface area contributed by atoms with Crippen LogP contribution in [0.5, 0.6) is 0 Å². The molecule has 0 radical (unpaired) electrons. The fourth-order valence-electron chi connectivity index (χ4n) is 3.59. The number of rotatable bonds is 2. The Labute approximate surface area is 154 Å². The number of barbiturate groups is 1. The van der Waals surface area contributed by atoms with Gasteiger partial charge in [0.1, 0.15) is 5.57 Å². The van der Waals surface area contributed by atoms with E-state index in [1.807, 2.05) is 24.3 Å². The molecule has 4 amide bonds. The second-order valence-corrected chi connectivity index (χ2v) is 8.16. The summed E-state index contributed by atoms with van der Waals surface area (Å²) < 4.78 is 0. The molecule has 0 atom stereocenters. The number of hydrogen-bond acceptors (Lipinski definition) is 3. The molecule has 0 spiro atoms. The predicted octanol–water partition coefficient (Wildman–Crippen LogP) is 3.78. The number of imide groups is 2. The Kier molecular flexibility index (Phi) is 4.99. The molecule has 1 saturated heterocycles. The summed E-state index contributed by atoms with van der Waals surface area (Å²) in [4.78, 5) is 38.5. The average molecular weight is 354 g/mol. The summed E-state index contributed by atoms with van der Waals surface area (Å²) in [6.07, 6.45) is 6.32. The van der Waals surface area contributed by atoms with E-state index < -0.39 is 17.8 Å².